The fourth-order valence-corrected chi connectivity index (χ4v) is 8.20. The molecule has 0 heterocycles. The van der Waals surface area contributed by atoms with Crippen molar-refractivity contribution in [3.05, 3.63) is 48.5 Å². The van der Waals surface area contributed by atoms with Crippen molar-refractivity contribution in [2.75, 3.05) is 6.16 Å². The van der Waals surface area contributed by atoms with Gasteiger partial charge in [-0.2, -0.15) is 16.8 Å². The maximum atomic E-state index is 11.7. The highest BCUT2D eigenvalue weighted by Crippen LogP contribution is 2.36. The van der Waals surface area contributed by atoms with Crippen LogP contribution >= 0.6 is 7.92 Å². The van der Waals surface area contributed by atoms with Crippen molar-refractivity contribution in [2.24, 2.45) is 0 Å². The molecule has 37 heavy (non-hydrogen) atoms. The second-order valence-electron chi connectivity index (χ2n) is 9.69. The van der Waals surface area contributed by atoms with Crippen molar-refractivity contribution in [1.82, 2.24) is 0 Å². The van der Waals surface area contributed by atoms with Crippen molar-refractivity contribution >= 4 is 38.8 Å². The molecule has 0 saturated carbocycles. The lowest BCUT2D eigenvalue weighted by Gasteiger charge is -2.20. The van der Waals surface area contributed by atoms with Gasteiger partial charge in [-0.15, -0.1) is 0 Å². The van der Waals surface area contributed by atoms with E-state index in [1.807, 2.05) is 12.1 Å². The van der Waals surface area contributed by atoms with E-state index in [4.69, 9.17) is 0 Å². The summed E-state index contributed by atoms with van der Waals surface area (Å²) in [5.74, 6) is 0. The number of hydrogen-bond donors (Lipinski definition) is 2. The van der Waals surface area contributed by atoms with Gasteiger partial charge in [0.05, 0.1) is 9.79 Å². The van der Waals surface area contributed by atoms with E-state index in [1.165, 1.54) is 94.9 Å². The molecule has 0 spiro atoms. The Morgan fingerprint density at radius 2 is 0.919 bits per heavy atom. The molecule has 2 N–H and O–H groups in total. The summed E-state index contributed by atoms with van der Waals surface area (Å²) in [6, 6.07) is 12.4. The fraction of sp³-hybridized carbons (Fsp3) is 0.571. The van der Waals surface area contributed by atoms with Crippen LogP contribution in [-0.4, -0.2) is 32.1 Å². The highest BCUT2D eigenvalue weighted by molar-refractivity contribution is 7.86. The molecule has 0 aliphatic heterocycles. The van der Waals surface area contributed by atoms with E-state index in [0.717, 1.165) is 36.0 Å². The molecule has 2 aromatic rings. The van der Waals surface area contributed by atoms with Crippen LogP contribution in [0.1, 0.15) is 96.8 Å². The Morgan fingerprint density at radius 1 is 0.568 bits per heavy atom. The number of hydrogen-bond acceptors (Lipinski definition) is 4. The Bertz CT molecular complexity index is 1070. The van der Waals surface area contributed by atoms with Crippen LogP contribution in [0.4, 0.5) is 0 Å². The van der Waals surface area contributed by atoms with Crippen LogP contribution < -0.4 is 10.6 Å². The molecule has 0 unspecified atom stereocenters. The predicted molar refractivity (Wildman–Crippen MR) is 154 cm³/mol. The van der Waals surface area contributed by atoms with Crippen molar-refractivity contribution < 1.29 is 25.9 Å². The van der Waals surface area contributed by atoms with Crippen LogP contribution in [0.5, 0.6) is 0 Å². The minimum atomic E-state index is -4.35. The molecule has 0 aromatic heterocycles. The van der Waals surface area contributed by atoms with Gasteiger partial charge < -0.3 is 0 Å². The zero-order valence-electron chi connectivity index (χ0n) is 22.0. The predicted octanol–water partition coefficient (Wildman–Crippen LogP) is 7.09. The van der Waals surface area contributed by atoms with E-state index in [0.29, 0.717) is 0 Å². The van der Waals surface area contributed by atoms with Crippen LogP contribution in [0.15, 0.2) is 58.3 Å². The zero-order valence-corrected chi connectivity index (χ0v) is 24.5. The summed E-state index contributed by atoms with van der Waals surface area (Å²) >= 11 is 0. The first-order valence-corrected chi connectivity index (χ1v) is 18.0. The Balaban J connectivity index is 1.87. The smallest absolute Gasteiger partial charge is 0.282 e. The number of benzene rings is 2. The largest absolute Gasteiger partial charge is 0.294 e. The highest BCUT2D eigenvalue weighted by atomic mass is 32.2. The molecule has 0 atom stereocenters. The molecule has 208 valence electrons. The normalized spacial score (nSPS) is 12.3. The van der Waals surface area contributed by atoms with E-state index in [9.17, 15) is 25.9 Å². The fourth-order valence-electron chi connectivity index (χ4n) is 4.50. The third kappa shape index (κ3) is 12.4. The molecule has 0 aliphatic carbocycles. The quantitative estimate of drug-likeness (QED) is 0.106. The molecule has 0 radical (unpaired) electrons. The molecule has 0 fully saturated rings. The van der Waals surface area contributed by atoms with Crippen molar-refractivity contribution in [3.63, 3.8) is 0 Å². The molecule has 9 heteroatoms. The van der Waals surface area contributed by atoms with Crippen LogP contribution in [0.2, 0.25) is 0 Å². The van der Waals surface area contributed by atoms with Gasteiger partial charge in [-0.3, -0.25) is 9.11 Å². The van der Waals surface area contributed by atoms with Gasteiger partial charge in [-0.25, -0.2) is 0 Å². The summed E-state index contributed by atoms with van der Waals surface area (Å²) in [5.41, 5.74) is 0. The third-order valence-corrected chi connectivity index (χ3v) is 10.9. The number of unbranched alkanes of at least 4 members (excludes halogenated alkanes) is 13. The molecular formula is C28H43O6PS2. The van der Waals surface area contributed by atoms with E-state index < -0.39 is 28.2 Å². The Morgan fingerprint density at radius 3 is 1.27 bits per heavy atom. The van der Waals surface area contributed by atoms with E-state index in [1.54, 1.807) is 12.1 Å². The third-order valence-electron chi connectivity index (χ3n) is 6.59. The second-order valence-corrected chi connectivity index (χ2v) is 14.9. The van der Waals surface area contributed by atoms with Gasteiger partial charge in [-0.1, -0.05) is 115 Å². The lowest BCUT2D eigenvalue weighted by Crippen LogP contribution is -2.17. The van der Waals surface area contributed by atoms with Crippen LogP contribution in [-0.2, 0) is 20.2 Å². The monoisotopic (exact) mass is 570 g/mol. The average Bonchev–Trinajstić information content (AvgIpc) is 2.85. The highest BCUT2D eigenvalue weighted by Gasteiger charge is 2.19. The summed E-state index contributed by atoms with van der Waals surface area (Å²) in [4.78, 5) is -0.353. The van der Waals surface area contributed by atoms with Crippen LogP contribution in [0, 0.1) is 0 Å². The minimum absolute atomic E-state index is 0.176. The van der Waals surface area contributed by atoms with Crippen molar-refractivity contribution in [3.8, 4) is 0 Å². The first kappa shape index (κ1) is 31.9. The van der Waals surface area contributed by atoms with Crippen molar-refractivity contribution in [2.45, 2.75) is 107 Å². The summed E-state index contributed by atoms with van der Waals surface area (Å²) in [6.07, 6.45) is 18.4. The van der Waals surface area contributed by atoms with Crippen molar-refractivity contribution in [1.29, 1.82) is 0 Å². The van der Waals surface area contributed by atoms with Gasteiger partial charge in [0.1, 0.15) is 0 Å². The lowest BCUT2D eigenvalue weighted by molar-refractivity contribution is 0.481. The van der Waals surface area contributed by atoms with Gasteiger partial charge in [-0.05, 0) is 55.4 Å². The minimum Gasteiger partial charge on any atom is -0.282 e. The molecule has 2 rings (SSSR count). The molecule has 0 bridgehead atoms. The molecule has 0 amide bonds. The lowest BCUT2D eigenvalue weighted by atomic mass is 10.0. The maximum absolute atomic E-state index is 11.7. The van der Waals surface area contributed by atoms with Gasteiger partial charge in [0.15, 0.2) is 0 Å². The van der Waals surface area contributed by atoms with Gasteiger partial charge >= 0.3 is 0 Å². The van der Waals surface area contributed by atoms with Gasteiger partial charge in [0.2, 0.25) is 0 Å². The Hall–Kier alpha value is -1.31. The topological polar surface area (TPSA) is 109 Å². The molecule has 6 nitrogen and oxygen atoms in total. The summed E-state index contributed by atoms with van der Waals surface area (Å²) < 4.78 is 65.7. The molecule has 0 aliphatic rings. The standard InChI is InChI=1S/C28H43O6PS2/c1-2-3-4-5-6-7-8-9-10-11-12-13-14-15-22-35(25-18-16-20-27(23-25)36(29,30)31)26-19-17-21-28(24-26)37(32,33)34/h16-21,23-24H,2-15,22H2,1H3,(H,29,30,31)(H,32,33,34). The van der Waals surface area contributed by atoms with E-state index in [-0.39, 0.29) is 9.79 Å². The van der Waals surface area contributed by atoms with Gasteiger partial charge in [0.25, 0.3) is 20.2 Å². The Kier molecular flexibility index (Phi) is 14.3. The van der Waals surface area contributed by atoms with Crippen LogP contribution in [0.3, 0.4) is 0 Å². The first-order chi connectivity index (χ1) is 17.6. The Labute approximate surface area is 225 Å². The van der Waals surface area contributed by atoms with Crippen LogP contribution in [0.25, 0.3) is 0 Å². The molecular weight excluding hydrogens is 527 g/mol. The maximum Gasteiger partial charge on any atom is 0.294 e. The van der Waals surface area contributed by atoms with Gasteiger partial charge in [0, 0.05) is 0 Å². The second kappa shape index (κ2) is 16.6. The zero-order chi connectivity index (χ0) is 27.2. The summed E-state index contributed by atoms with van der Waals surface area (Å²) in [7, 11) is -9.76. The number of rotatable bonds is 19. The van der Waals surface area contributed by atoms with E-state index in [2.05, 4.69) is 6.92 Å². The van der Waals surface area contributed by atoms with E-state index >= 15 is 0 Å². The summed E-state index contributed by atoms with van der Waals surface area (Å²) in [5, 5.41) is 1.49. The molecule has 0 saturated heterocycles. The first-order valence-electron chi connectivity index (χ1n) is 13.6. The SMILES string of the molecule is CCCCCCCCCCCCCCCCP(c1cccc(S(=O)(=O)O)c1)c1cccc(S(=O)(=O)O)c1. The average molecular weight is 571 g/mol. The molecule has 2 aromatic carbocycles. The summed E-state index contributed by atoms with van der Waals surface area (Å²) in [6.45, 7) is 2.25.